The maximum atomic E-state index is 9.44. The molecule has 0 aromatic rings. The van der Waals surface area contributed by atoms with Crippen molar-refractivity contribution in [1.82, 2.24) is 4.81 Å². The molecule has 1 N–H and O–H groups in total. The van der Waals surface area contributed by atoms with E-state index >= 15 is 0 Å². The van der Waals surface area contributed by atoms with E-state index in [9.17, 15) is 5.02 Å². The fraction of sp³-hybridized carbons (Fsp3) is 1.00. The zero-order valence-corrected chi connectivity index (χ0v) is 7.75. The lowest BCUT2D eigenvalue weighted by molar-refractivity contribution is 0.178. The fourth-order valence-electron chi connectivity index (χ4n) is 2.18. The molecule has 64 valence electrons. The van der Waals surface area contributed by atoms with Crippen molar-refractivity contribution in [3.63, 3.8) is 0 Å². The van der Waals surface area contributed by atoms with Crippen LogP contribution < -0.4 is 0 Å². The molecule has 1 rings (SSSR count). The van der Waals surface area contributed by atoms with Crippen molar-refractivity contribution in [2.24, 2.45) is 0 Å². The molecule has 0 aliphatic carbocycles. The van der Waals surface area contributed by atoms with Crippen LogP contribution in [0.2, 0.25) is 6.82 Å². The van der Waals surface area contributed by atoms with Crippen LogP contribution in [0.15, 0.2) is 0 Å². The average molecular weight is 155 g/mol. The lowest BCUT2D eigenvalue weighted by Crippen LogP contribution is -2.51. The van der Waals surface area contributed by atoms with Crippen LogP contribution in [0.3, 0.4) is 0 Å². The standard InChI is InChI=1S/C8H18BNO/c1-7-5-4-6-8(2)10(7)9(3)11/h7-8,11H,4-6H2,1-3H3. The molecule has 11 heavy (non-hydrogen) atoms. The highest BCUT2D eigenvalue weighted by Gasteiger charge is 2.29. The minimum Gasteiger partial charge on any atom is -0.437 e. The molecule has 0 saturated carbocycles. The van der Waals surface area contributed by atoms with Gasteiger partial charge in [0.25, 0.3) is 0 Å². The van der Waals surface area contributed by atoms with Crippen LogP contribution >= 0.6 is 0 Å². The minimum absolute atomic E-state index is 0.278. The quantitative estimate of drug-likeness (QED) is 0.578. The van der Waals surface area contributed by atoms with Crippen LogP contribution in [0, 0.1) is 0 Å². The van der Waals surface area contributed by atoms with E-state index in [0.29, 0.717) is 12.1 Å². The first-order chi connectivity index (χ1) is 5.13. The van der Waals surface area contributed by atoms with E-state index in [2.05, 4.69) is 18.7 Å². The van der Waals surface area contributed by atoms with Gasteiger partial charge in [0.05, 0.1) is 0 Å². The summed E-state index contributed by atoms with van der Waals surface area (Å²) in [4.78, 5) is 2.20. The average Bonchev–Trinajstić information content (AvgIpc) is 1.85. The lowest BCUT2D eigenvalue weighted by Gasteiger charge is -2.39. The third-order valence-electron chi connectivity index (χ3n) is 2.69. The molecule has 3 heteroatoms. The van der Waals surface area contributed by atoms with Crippen LogP contribution in [0.1, 0.15) is 33.1 Å². The smallest absolute Gasteiger partial charge is 0.376 e. The number of rotatable bonds is 1. The molecular weight excluding hydrogens is 137 g/mol. The normalized spacial score (nSPS) is 33.8. The van der Waals surface area contributed by atoms with Gasteiger partial charge in [0, 0.05) is 0 Å². The second kappa shape index (κ2) is 3.59. The third kappa shape index (κ3) is 1.97. The summed E-state index contributed by atoms with van der Waals surface area (Å²) in [6, 6.07) is 1.11. The zero-order chi connectivity index (χ0) is 8.43. The van der Waals surface area contributed by atoms with Gasteiger partial charge in [-0.05, 0) is 31.7 Å². The Balaban J connectivity index is 2.55. The van der Waals surface area contributed by atoms with Crippen molar-refractivity contribution in [3.8, 4) is 0 Å². The van der Waals surface area contributed by atoms with Gasteiger partial charge in [-0.2, -0.15) is 0 Å². The Morgan fingerprint density at radius 3 is 2.00 bits per heavy atom. The summed E-state index contributed by atoms with van der Waals surface area (Å²) in [5, 5.41) is 9.44. The van der Waals surface area contributed by atoms with Crippen LogP contribution in [-0.2, 0) is 0 Å². The van der Waals surface area contributed by atoms with E-state index in [0.717, 1.165) is 0 Å². The molecule has 2 nitrogen and oxygen atoms in total. The van der Waals surface area contributed by atoms with Gasteiger partial charge in [-0.3, -0.25) is 0 Å². The molecular formula is C8H18BNO. The summed E-state index contributed by atoms with van der Waals surface area (Å²) >= 11 is 0. The zero-order valence-electron chi connectivity index (χ0n) is 7.75. The van der Waals surface area contributed by atoms with E-state index in [4.69, 9.17) is 0 Å². The van der Waals surface area contributed by atoms with Crippen molar-refractivity contribution in [3.05, 3.63) is 0 Å². The van der Waals surface area contributed by atoms with E-state index in [1.807, 2.05) is 6.82 Å². The van der Waals surface area contributed by atoms with Gasteiger partial charge in [-0.25, -0.2) is 0 Å². The molecule has 1 aliphatic heterocycles. The second-order valence-electron chi connectivity index (χ2n) is 3.71. The van der Waals surface area contributed by atoms with Gasteiger partial charge in [-0.15, -0.1) is 0 Å². The first kappa shape index (κ1) is 9.08. The van der Waals surface area contributed by atoms with Gasteiger partial charge < -0.3 is 9.83 Å². The maximum Gasteiger partial charge on any atom is 0.376 e. The molecule has 1 aliphatic rings. The van der Waals surface area contributed by atoms with Gasteiger partial charge in [-0.1, -0.05) is 20.3 Å². The molecule has 1 fully saturated rings. The molecule has 2 unspecified atom stereocenters. The summed E-state index contributed by atoms with van der Waals surface area (Å²) in [6.07, 6.45) is 3.77. The predicted octanol–water partition coefficient (Wildman–Crippen LogP) is 1.36. The summed E-state index contributed by atoms with van der Waals surface area (Å²) in [5.74, 6) is 0. The minimum atomic E-state index is -0.278. The van der Waals surface area contributed by atoms with Crippen molar-refractivity contribution < 1.29 is 5.02 Å². The summed E-state index contributed by atoms with van der Waals surface area (Å²) in [5.41, 5.74) is 0. The first-order valence-electron chi connectivity index (χ1n) is 4.58. The highest BCUT2D eigenvalue weighted by atomic mass is 16.2. The molecule has 2 atom stereocenters. The van der Waals surface area contributed by atoms with Crippen LogP contribution in [0.25, 0.3) is 0 Å². The molecule has 1 heterocycles. The Labute approximate surface area is 69.7 Å². The topological polar surface area (TPSA) is 23.5 Å². The number of hydrogen-bond donors (Lipinski definition) is 1. The Hall–Kier alpha value is -0.0151. The number of nitrogens with zero attached hydrogens (tertiary/aromatic N) is 1. The maximum absolute atomic E-state index is 9.44. The number of hydrogen-bond acceptors (Lipinski definition) is 2. The Bertz CT molecular complexity index is 119. The summed E-state index contributed by atoms with van der Waals surface area (Å²) < 4.78 is 0. The Morgan fingerprint density at radius 1 is 1.27 bits per heavy atom. The molecule has 0 radical (unpaired) electrons. The van der Waals surface area contributed by atoms with E-state index in [-0.39, 0.29) is 7.05 Å². The molecule has 0 spiro atoms. The molecule has 1 saturated heterocycles. The van der Waals surface area contributed by atoms with Crippen molar-refractivity contribution >= 4 is 7.05 Å². The van der Waals surface area contributed by atoms with Gasteiger partial charge >= 0.3 is 7.05 Å². The van der Waals surface area contributed by atoms with Gasteiger partial charge in [0.15, 0.2) is 0 Å². The summed E-state index contributed by atoms with van der Waals surface area (Å²) in [7, 11) is -0.278. The van der Waals surface area contributed by atoms with Gasteiger partial charge in [0.1, 0.15) is 0 Å². The van der Waals surface area contributed by atoms with E-state index in [1.165, 1.54) is 19.3 Å². The Morgan fingerprint density at radius 2 is 1.73 bits per heavy atom. The highest BCUT2D eigenvalue weighted by molar-refractivity contribution is 6.45. The van der Waals surface area contributed by atoms with Crippen molar-refractivity contribution in [2.75, 3.05) is 0 Å². The van der Waals surface area contributed by atoms with Crippen LogP contribution in [-0.4, -0.2) is 29.0 Å². The highest BCUT2D eigenvalue weighted by Crippen LogP contribution is 2.22. The third-order valence-corrected chi connectivity index (χ3v) is 2.69. The van der Waals surface area contributed by atoms with Crippen molar-refractivity contribution in [2.45, 2.75) is 52.0 Å². The molecule has 0 aromatic heterocycles. The fourth-order valence-corrected chi connectivity index (χ4v) is 2.18. The molecule has 0 amide bonds. The Kier molecular flexibility index (Phi) is 2.96. The van der Waals surface area contributed by atoms with E-state index < -0.39 is 0 Å². The first-order valence-corrected chi connectivity index (χ1v) is 4.58. The SMILES string of the molecule is CB(O)N1C(C)CCCC1C. The van der Waals surface area contributed by atoms with E-state index in [1.54, 1.807) is 0 Å². The predicted molar refractivity (Wildman–Crippen MR) is 48.5 cm³/mol. The number of piperidine rings is 1. The molecule has 0 bridgehead atoms. The summed E-state index contributed by atoms with van der Waals surface area (Å²) in [6.45, 7) is 6.25. The van der Waals surface area contributed by atoms with Crippen molar-refractivity contribution in [1.29, 1.82) is 0 Å². The monoisotopic (exact) mass is 155 g/mol. The van der Waals surface area contributed by atoms with Gasteiger partial charge in [0.2, 0.25) is 0 Å². The lowest BCUT2D eigenvalue weighted by atomic mass is 9.77. The molecule has 0 aromatic carbocycles. The van der Waals surface area contributed by atoms with Crippen LogP contribution in [0.5, 0.6) is 0 Å². The van der Waals surface area contributed by atoms with Crippen LogP contribution in [0.4, 0.5) is 0 Å². The second-order valence-corrected chi connectivity index (χ2v) is 3.71. The largest absolute Gasteiger partial charge is 0.437 e.